The van der Waals surface area contributed by atoms with Gasteiger partial charge in [0.2, 0.25) is 0 Å². The van der Waals surface area contributed by atoms with Crippen LogP contribution < -0.4 is 0 Å². The van der Waals surface area contributed by atoms with Crippen LogP contribution in [-0.4, -0.2) is 26.8 Å². The first-order chi connectivity index (χ1) is 14.9. The number of allylic oxidation sites excluding steroid dienone is 2. The minimum Gasteiger partial charge on any atom is -0.477 e. The highest BCUT2D eigenvalue weighted by Gasteiger charge is 2.31. The van der Waals surface area contributed by atoms with Crippen LogP contribution in [0, 0.1) is 0 Å². The van der Waals surface area contributed by atoms with Crippen molar-refractivity contribution in [3.05, 3.63) is 62.9 Å². The second kappa shape index (κ2) is 11.2. The van der Waals surface area contributed by atoms with E-state index in [1.807, 2.05) is 30.3 Å². The number of Topliss-reactive ketones (excluding diaryl/α,β-unsaturated/α-hetero) is 1. The Labute approximate surface area is 196 Å². The highest BCUT2D eigenvalue weighted by Crippen LogP contribution is 2.39. The highest BCUT2D eigenvalue weighted by molar-refractivity contribution is 9.09. The molecular weight excluding hydrogens is 476 g/mol. The lowest BCUT2D eigenvalue weighted by atomic mass is 9.95. The summed E-state index contributed by atoms with van der Waals surface area (Å²) in [7, 11) is 0. The lowest BCUT2D eigenvalue weighted by Crippen LogP contribution is -2.00. The number of carbonyl (C=O) groups is 2. The van der Waals surface area contributed by atoms with Crippen LogP contribution in [0.2, 0.25) is 0 Å². The van der Waals surface area contributed by atoms with Crippen LogP contribution in [-0.2, 0) is 11.2 Å². The summed E-state index contributed by atoms with van der Waals surface area (Å²) < 4.78 is 0. The minimum atomic E-state index is -0.895. The Morgan fingerprint density at radius 1 is 1.13 bits per heavy atom. The van der Waals surface area contributed by atoms with Crippen molar-refractivity contribution in [2.24, 2.45) is 0 Å². The van der Waals surface area contributed by atoms with E-state index >= 15 is 0 Å². The number of aliphatic hydroxyl groups is 1. The molecule has 0 aliphatic heterocycles. The van der Waals surface area contributed by atoms with E-state index in [1.165, 1.54) is 11.3 Å². The number of aromatic carboxylic acids is 1. The number of carboxylic acids is 1. The molecule has 31 heavy (non-hydrogen) atoms. The number of hydrogen-bond donors (Lipinski definition) is 2. The van der Waals surface area contributed by atoms with Gasteiger partial charge in [-0.2, -0.15) is 0 Å². The summed E-state index contributed by atoms with van der Waals surface area (Å²) in [5.41, 5.74) is 3.86. The van der Waals surface area contributed by atoms with E-state index < -0.39 is 12.1 Å². The van der Waals surface area contributed by atoms with Crippen LogP contribution in [0.25, 0.3) is 5.57 Å². The first-order valence-corrected chi connectivity index (χ1v) is 12.6. The van der Waals surface area contributed by atoms with Crippen molar-refractivity contribution in [2.45, 2.75) is 69.2 Å². The second-order valence-corrected chi connectivity index (χ2v) is 10.3. The molecule has 0 saturated heterocycles. The predicted molar refractivity (Wildman–Crippen MR) is 129 cm³/mol. The molecule has 0 fully saturated rings. The number of unbranched alkanes of at least 4 members (excludes halogenated alkanes) is 2. The predicted octanol–water partition coefficient (Wildman–Crippen LogP) is 6.57. The van der Waals surface area contributed by atoms with E-state index in [0.717, 1.165) is 65.7 Å². The van der Waals surface area contributed by atoms with Crippen LogP contribution in [0.1, 0.15) is 83.6 Å². The van der Waals surface area contributed by atoms with Gasteiger partial charge in [-0.25, -0.2) is 4.79 Å². The van der Waals surface area contributed by atoms with Crippen LogP contribution in [0.15, 0.2) is 42.0 Å². The topological polar surface area (TPSA) is 74.6 Å². The summed E-state index contributed by atoms with van der Waals surface area (Å²) in [6, 6.07) is 11.5. The van der Waals surface area contributed by atoms with Gasteiger partial charge in [-0.1, -0.05) is 66.4 Å². The Bertz CT molecular complexity index is 945. The molecule has 0 bridgehead atoms. The summed E-state index contributed by atoms with van der Waals surface area (Å²) in [4.78, 5) is 25.1. The maximum absolute atomic E-state index is 12.6. The van der Waals surface area contributed by atoms with Gasteiger partial charge >= 0.3 is 5.97 Å². The van der Waals surface area contributed by atoms with Gasteiger partial charge in [0, 0.05) is 21.7 Å². The molecule has 1 aromatic carbocycles. The number of aryl methyl sites for hydroxylation is 1. The van der Waals surface area contributed by atoms with Crippen molar-refractivity contribution in [2.75, 3.05) is 0 Å². The summed E-state index contributed by atoms with van der Waals surface area (Å²) in [6.07, 6.45) is 6.32. The molecule has 4 nitrogen and oxygen atoms in total. The number of aliphatic hydroxyl groups excluding tert-OH is 1. The van der Waals surface area contributed by atoms with E-state index in [9.17, 15) is 14.7 Å². The number of halogens is 1. The molecule has 0 amide bonds. The molecule has 1 aromatic heterocycles. The highest BCUT2D eigenvalue weighted by atomic mass is 79.9. The van der Waals surface area contributed by atoms with Crippen molar-refractivity contribution in [3.63, 3.8) is 0 Å². The van der Waals surface area contributed by atoms with Crippen LogP contribution in [0.3, 0.4) is 0 Å². The molecule has 2 unspecified atom stereocenters. The number of alkyl halides is 1. The number of carboxylic acid groups (broad SMARTS) is 1. The first kappa shape index (κ1) is 23.9. The average Bonchev–Trinajstić information content (AvgIpc) is 3.33. The fourth-order valence-electron chi connectivity index (χ4n) is 4.06. The third kappa shape index (κ3) is 6.15. The van der Waals surface area contributed by atoms with Crippen molar-refractivity contribution in [1.29, 1.82) is 0 Å². The van der Waals surface area contributed by atoms with Gasteiger partial charge in [0.25, 0.3) is 0 Å². The van der Waals surface area contributed by atoms with E-state index in [-0.39, 0.29) is 10.6 Å². The zero-order chi connectivity index (χ0) is 22.4. The maximum atomic E-state index is 12.6. The summed E-state index contributed by atoms with van der Waals surface area (Å²) in [5, 5.41) is 19.5. The molecule has 2 N–H and O–H groups in total. The molecule has 2 aromatic rings. The van der Waals surface area contributed by atoms with Crippen molar-refractivity contribution in [1.82, 2.24) is 0 Å². The fourth-order valence-corrected chi connectivity index (χ4v) is 5.79. The van der Waals surface area contributed by atoms with Gasteiger partial charge < -0.3 is 10.2 Å². The molecule has 1 aliphatic rings. The molecular formula is C25H29BrO4S. The summed E-state index contributed by atoms with van der Waals surface area (Å²) in [6.45, 7) is 2.15. The molecule has 3 rings (SSSR count). The van der Waals surface area contributed by atoms with Gasteiger partial charge in [0.05, 0.1) is 6.10 Å². The minimum absolute atomic E-state index is 0.00989. The fraction of sp³-hybridized carbons (Fsp3) is 0.440. The molecule has 6 heteroatoms. The lowest BCUT2D eigenvalue weighted by Gasteiger charge is -2.14. The molecule has 2 atom stereocenters. The van der Waals surface area contributed by atoms with E-state index in [2.05, 4.69) is 22.9 Å². The van der Waals surface area contributed by atoms with Crippen LogP contribution in [0.5, 0.6) is 0 Å². The molecule has 0 spiro atoms. The second-order valence-electron chi connectivity index (χ2n) is 8.05. The van der Waals surface area contributed by atoms with Crippen molar-refractivity contribution in [3.8, 4) is 0 Å². The Morgan fingerprint density at radius 3 is 2.52 bits per heavy atom. The Hall–Kier alpha value is -1.76. The standard InChI is InChI=1S/C25H29BrO4S/c1-2-3-4-8-21(27)16-9-11-17(12-10-16)24-19(22(28)15-20(24)26)7-5-6-18-13-14-23(31-18)25(29)30/h9-14,20-21,27H,2-8,15H2,1H3,(H,29,30). The molecule has 166 valence electrons. The van der Waals surface area contributed by atoms with Gasteiger partial charge in [0.15, 0.2) is 5.78 Å². The Balaban J connectivity index is 1.69. The number of benzene rings is 1. The molecule has 0 radical (unpaired) electrons. The Morgan fingerprint density at radius 2 is 1.87 bits per heavy atom. The zero-order valence-electron chi connectivity index (χ0n) is 17.8. The first-order valence-electron chi connectivity index (χ1n) is 10.9. The number of ketones is 1. The third-order valence-electron chi connectivity index (χ3n) is 5.75. The lowest BCUT2D eigenvalue weighted by molar-refractivity contribution is -0.114. The summed E-state index contributed by atoms with van der Waals surface area (Å²) in [5.74, 6) is -0.716. The third-order valence-corrected chi connectivity index (χ3v) is 7.66. The van der Waals surface area contributed by atoms with Gasteiger partial charge in [-0.3, -0.25) is 4.79 Å². The maximum Gasteiger partial charge on any atom is 0.345 e. The average molecular weight is 505 g/mol. The van der Waals surface area contributed by atoms with Crippen LogP contribution >= 0.6 is 27.3 Å². The molecule has 1 heterocycles. The van der Waals surface area contributed by atoms with Gasteiger partial charge in [-0.15, -0.1) is 11.3 Å². The SMILES string of the molecule is CCCCCC(O)c1ccc(C2=C(CCCc3ccc(C(=O)O)s3)C(=O)CC2Br)cc1. The van der Waals surface area contributed by atoms with E-state index in [4.69, 9.17) is 5.11 Å². The van der Waals surface area contributed by atoms with E-state index in [1.54, 1.807) is 6.07 Å². The van der Waals surface area contributed by atoms with Gasteiger partial charge in [0.1, 0.15) is 4.88 Å². The molecule has 0 saturated carbocycles. The largest absolute Gasteiger partial charge is 0.477 e. The normalized spacial score (nSPS) is 17.4. The van der Waals surface area contributed by atoms with Gasteiger partial charge in [-0.05, 0) is 54.5 Å². The molecule has 1 aliphatic carbocycles. The van der Waals surface area contributed by atoms with E-state index in [0.29, 0.717) is 17.7 Å². The number of carbonyl (C=O) groups excluding carboxylic acids is 1. The smallest absolute Gasteiger partial charge is 0.345 e. The quantitative estimate of drug-likeness (QED) is 0.268. The Kier molecular flexibility index (Phi) is 8.64. The van der Waals surface area contributed by atoms with Crippen molar-refractivity contribution >= 4 is 44.6 Å². The monoisotopic (exact) mass is 504 g/mol. The number of rotatable bonds is 11. The zero-order valence-corrected chi connectivity index (χ0v) is 20.2. The summed E-state index contributed by atoms with van der Waals surface area (Å²) >= 11 is 4.98. The van der Waals surface area contributed by atoms with Crippen molar-refractivity contribution < 1.29 is 19.8 Å². The van der Waals surface area contributed by atoms with Crippen LogP contribution in [0.4, 0.5) is 0 Å². The number of thiophene rings is 1. The number of hydrogen-bond acceptors (Lipinski definition) is 4.